The molecule has 2 N–H and O–H groups in total. The van der Waals surface area contributed by atoms with Crippen molar-refractivity contribution in [2.24, 2.45) is 5.10 Å². The average Bonchev–Trinajstić information content (AvgIpc) is 3.09. The predicted molar refractivity (Wildman–Crippen MR) is 114 cm³/mol. The third-order valence-electron chi connectivity index (χ3n) is 3.83. The second-order valence-electron chi connectivity index (χ2n) is 5.62. The third-order valence-corrected chi connectivity index (χ3v) is 4.10. The van der Waals surface area contributed by atoms with Crippen LogP contribution in [0.3, 0.4) is 0 Å². The summed E-state index contributed by atoms with van der Waals surface area (Å²) in [5.41, 5.74) is 4.73. The molecule has 144 valence electrons. The van der Waals surface area contributed by atoms with Gasteiger partial charge in [0.05, 0.1) is 13.7 Å². The van der Waals surface area contributed by atoms with Crippen LogP contribution in [0.4, 0.5) is 0 Å². The number of hydrazone groups is 1. The molecule has 0 amide bonds. The summed E-state index contributed by atoms with van der Waals surface area (Å²) in [4.78, 5) is 0. The molecule has 0 aliphatic carbocycles. The van der Waals surface area contributed by atoms with Crippen molar-refractivity contribution >= 4 is 24.5 Å². The number of aromatic nitrogens is 3. The molecular formula is C20H21N5O2S. The Morgan fingerprint density at radius 2 is 2.00 bits per heavy atom. The Morgan fingerprint density at radius 1 is 1.21 bits per heavy atom. The van der Waals surface area contributed by atoms with Gasteiger partial charge in [-0.3, -0.25) is 0 Å². The van der Waals surface area contributed by atoms with Gasteiger partial charge in [0.25, 0.3) is 0 Å². The number of benzene rings is 2. The number of methoxy groups -OCH3 is 1. The van der Waals surface area contributed by atoms with E-state index < -0.39 is 0 Å². The molecule has 0 aliphatic heterocycles. The second kappa shape index (κ2) is 9.52. The van der Waals surface area contributed by atoms with Crippen molar-refractivity contribution in [2.45, 2.75) is 6.92 Å². The lowest BCUT2D eigenvalue weighted by Crippen LogP contribution is -2.10. The molecule has 1 heterocycles. The minimum Gasteiger partial charge on any atom is -0.496 e. The number of H-pyrrole nitrogens is 1. The van der Waals surface area contributed by atoms with Crippen LogP contribution >= 0.6 is 12.2 Å². The highest BCUT2D eigenvalue weighted by molar-refractivity contribution is 7.71. The summed E-state index contributed by atoms with van der Waals surface area (Å²) in [6, 6.07) is 15.4. The van der Waals surface area contributed by atoms with Crippen molar-refractivity contribution < 1.29 is 9.47 Å². The Hall–Kier alpha value is -3.39. The molecule has 0 unspecified atom stereocenters. The summed E-state index contributed by atoms with van der Waals surface area (Å²) in [6.45, 7) is 2.57. The molecule has 8 heteroatoms. The van der Waals surface area contributed by atoms with Gasteiger partial charge < -0.3 is 9.47 Å². The topological polar surface area (TPSA) is 76.5 Å². The van der Waals surface area contributed by atoms with Crippen molar-refractivity contribution in [2.75, 3.05) is 19.3 Å². The number of nitrogens with one attached hydrogen (secondary N) is 2. The van der Waals surface area contributed by atoms with Gasteiger partial charge in [-0.05, 0) is 61.6 Å². The first-order valence-electron chi connectivity index (χ1n) is 8.72. The van der Waals surface area contributed by atoms with Crippen LogP contribution in [0.5, 0.6) is 11.5 Å². The number of hydrogen-bond acceptors (Lipinski definition) is 6. The van der Waals surface area contributed by atoms with Gasteiger partial charge >= 0.3 is 0 Å². The van der Waals surface area contributed by atoms with Gasteiger partial charge in [0.2, 0.25) is 4.77 Å². The summed E-state index contributed by atoms with van der Waals surface area (Å²) in [7, 11) is 1.64. The van der Waals surface area contributed by atoms with Crippen molar-refractivity contribution in [3.05, 3.63) is 64.9 Å². The Kier molecular flexibility index (Phi) is 6.59. The molecule has 7 nitrogen and oxygen atoms in total. The molecule has 1 aromatic heterocycles. The minimum absolute atomic E-state index is 0.412. The maximum atomic E-state index is 5.47. The van der Waals surface area contributed by atoms with E-state index >= 15 is 0 Å². The lowest BCUT2D eigenvalue weighted by molar-refractivity contribution is 0.340. The number of nitrogens with zero attached hydrogens (tertiary/aromatic N) is 3. The molecule has 3 aromatic rings. The van der Waals surface area contributed by atoms with Crippen molar-refractivity contribution in [3.8, 4) is 22.9 Å². The lowest BCUT2D eigenvalue weighted by Gasteiger charge is -2.06. The zero-order chi connectivity index (χ0) is 19.8. The Labute approximate surface area is 168 Å². The SMILES string of the molecule is CCOc1ccc(-c2n[nH]c(=S)n2NN=CC=Cc2ccccc2OC)cc1. The monoisotopic (exact) mass is 395 g/mol. The maximum Gasteiger partial charge on any atom is 0.216 e. The summed E-state index contributed by atoms with van der Waals surface area (Å²) in [5, 5.41) is 11.2. The molecular weight excluding hydrogens is 374 g/mol. The zero-order valence-electron chi connectivity index (χ0n) is 15.6. The van der Waals surface area contributed by atoms with E-state index in [1.165, 1.54) is 0 Å². The van der Waals surface area contributed by atoms with Gasteiger partial charge in [-0.25, -0.2) is 10.6 Å². The fraction of sp³-hybridized carbons (Fsp3) is 0.150. The first-order valence-corrected chi connectivity index (χ1v) is 9.13. The normalized spacial score (nSPS) is 11.2. The second-order valence-corrected chi connectivity index (χ2v) is 6.01. The van der Waals surface area contributed by atoms with Crippen LogP contribution in [0.25, 0.3) is 17.5 Å². The molecule has 3 rings (SSSR count). The Morgan fingerprint density at radius 3 is 2.75 bits per heavy atom. The van der Waals surface area contributed by atoms with Crippen molar-refractivity contribution in [3.63, 3.8) is 0 Å². The molecule has 28 heavy (non-hydrogen) atoms. The molecule has 0 bridgehead atoms. The van der Waals surface area contributed by atoms with Gasteiger partial charge in [-0.2, -0.15) is 14.9 Å². The first-order chi connectivity index (χ1) is 13.7. The van der Waals surface area contributed by atoms with Crippen LogP contribution in [0.1, 0.15) is 12.5 Å². The highest BCUT2D eigenvalue weighted by Crippen LogP contribution is 2.20. The summed E-state index contributed by atoms with van der Waals surface area (Å²) >= 11 is 5.28. The molecule has 0 radical (unpaired) electrons. The Balaban J connectivity index is 1.71. The van der Waals surface area contributed by atoms with Gasteiger partial charge in [-0.15, -0.1) is 0 Å². The van der Waals surface area contributed by atoms with E-state index in [2.05, 4.69) is 20.8 Å². The molecule has 0 saturated carbocycles. The van der Waals surface area contributed by atoms with Gasteiger partial charge in [0, 0.05) is 17.3 Å². The zero-order valence-corrected chi connectivity index (χ0v) is 16.4. The van der Waals surface area contributed by atoms with E-state index in [0.29, 0.717) is 17.2 Å². The minimum atomic E-state index is 0.412. The van der Waals surface area contributed by atoms with E-state index in [1.54, 1.807) is 18.0 Å². The van der Waals surface area contributed by atoms with Crippen LogP contribution < -0.4 is 15.0 Å². The van der Waals surface area contributed by atoms with E-state index in [0.717, 1.165) is 22.6 Å². The fourth-order valence-electron chi connectivity index (χ4n) is 2.54. The number of hydrogen-bond donors (Lipinski definition) is 2. The molecule has 0 saturated heterocycles. The van der Waals surface area contributed by atoms with Crippen LogP contribution in [-0.4, -0.2) is 34.8 Å². The fourth-order valence-corrected chi connectivity index (χ4v) is 2.71. The highest BCUT2D eigenvalue weighted by Gasteiger charge is 2.08. The van der Waals surface area contributed by atoms with Crippen LogP contribution in [0, 0.1) is 4.77 Å². The maximum absolute atomic E-state index is 5.47. The summed E-state index contributed by atoms with van der Waals surface area (Å²) in [6.07, 6.45) is 5.35. The van der Waals surface area contributed by atoms with Gasteiger partial charge in [-0.1, -0.05) is 18.2 Å². The Bertz CT molecular complexity index is 1020. The van der Waals surface area contributed by atoms with E-state index in [1.807, 2.05) is 67.6 Å². The smallest absolute Gasteiger partial charge is 0.216 e. The van der Waals surface area contributed by atoms with Crippen LogP contribution in [0.2, 0.25) is 0 Å². The third kappa shape index (κ3) is 4.66. The molecule has 0 fully saturated rings. The average molecular weight is 395 g/mol. The molecule has 0 aliphatic rings. The number of aromatic amines is 1. The van der Waals surface area contributed by atoms with E-state index in [4.69, 9.17) is 21.7 Å². The van der Waals surface area contributed by atoms with Crippen LogP contribution in [-0.2, 0) is 0 Å². The summed E-state index contributed by atoms with van der Waals surface area (Å²) in [5.74, 6) is 2.23. The summed E-state index contributed by atoms with van der Waals surface area (Å²) < 4.78 is 12.8. The highest BCUT2D eigenvalue weighted by atomic mass is 32.1. The number of ether oxygens (including phenoxy) is 2. The first kappa shape index (κ1) is 19.4. The number of para-hydroxylation sites is 1. The molecule has 0 atom stereocenters. The standard InChI is InChI=1S/C20H21N5O2S/c1-3-27-17-12-10-16(11-13-17)19-22-23-20(28)25(19)24-21-14-6-8-15-7-4-5-9-18(15)26-2/h4-14,24H,3H2,1-2H3,(H,23,28). The van der Waals surface area contributed by atoms with Crippen LogP contribution in [0.15, 0.2) is 59.7 Å². The molecule has 2 aromatic carbocycles. The van der Waals surface area contributed by atoms with Gasteiger partial charge in [0.15, 0.2) is 5.82 Å². The van der Waals surface area contributed by atoms with Crippen molar-refractivity contribution in [1.29, 1.82) is 0 Å². The molecule has 0 spiro atoms. The number of rotatable bonds is 8. The van der Waals surface area contributed by atoms with E-state index in [9.17, 15) is 0 Å². The van der Waals surface area contributed by atoms with Gasteiger partial charge in [0.1, 0.15) is 11.5 Å². The largest absolute Gasteiger partial charge is 0.496 e. The van der Waals surface area contributed by atoms with Crippen molar-refractivity contribution in [1.82, 2.24) is 14.9 Å². The number of allylic oxidation sites excluding steroid dienone is 1. The quantitative estimate of drug-likeness (QED) is 0.339. The predicted octanol–water partition coefficient (Wildman–Crippen LogP) is 4.26. The van der Waals surface area contributed by atoms with E-state index in [-0.39, 0.29) is 0 Å². The lowest BCUT2D eigenvalue weighted by atomic mass is 10.2.